The van der Waals surface area contributed by atoms with Crippen LogP contribution in [0.3, 0.4) is 0 Å². The predicted octanol–water partition coefficient (Wildman–Crippen LogP) is -3.33. The molecule has 808 valence electrons. The van der Waals surface area contributed by atoms with Gasteiger partial charge in [-0.2, -0.15) is 0 Å². The predicted molar refractivity (Wildman–Crippen MR) is 539 cm³/mol. The number of carbonyl (C=O) groups excluding carboxylic acids is 18. The number of nitrogens with zero attached hydrogens (tertiary/aromatic N) is 1. The second-order valence-corrected chi connectivity index (χ2v) is 37.3. The monoisotopic (exact) mass is 2020 g/mol. The first-order valence-electron chi connectivity index (χ1n) is 50.5. The number of primary amides is 2. The van der Waals surface area contributed by atoms with E-state index in [2.05, 4.69) is 103 Å². The van der Waals surface area contributed by atoms with Crippen LogP contribution in [-0.2, 0) is 92.7 Å². The fraction of sp³-hybridized carbons (Fsp3) is 0.716. The van der Waals surface area contributed by atoms with Crippen LogP contribution in [0.5, 0.6) is 0 Å². The van der Waals surface area contributed by atoms with E-state index < -0.39 is 259 Å². The van der Waals surface area contributed by atoms with Crippen molar-refractivity contribution in [2.24, 2.45) is 63.8 Å². The molecule has 36 N–H and O–H groups in total. The molecule has 1 aliphatic rings. The molecule has 1 aromatic carbocycles. The number of hydrogen-bond donors (Lipinski definition) is 29. The first-order chi connectivity index (χ1) is 67.7. The Labute approximate surface area is 840 Å². The maximum Gasteiger partial charge on any atom is 0.245 e. The van der Waals surface area contributed by atoms with E-state index >= 15 is 0 Å². The summed E-state index contributed by atoms with van der Waals surface area (Å²) in [6.07, 6.45) is 13.5. The van der Waals surface area contributed by atoms with Crippen molar-refractivity contribution >= 4 is 124 Å². The summed E-state index contributed by atoms with van der Waals surface area (Å²) in [4.78, 5) is 252. The summed E-state index contributed by atoms with van der Waals surface area (Å²) >= 11 is 0. The van der Waals surface area contributed by atoms with Gasteiger partial charge in [-0.3, -0.25) is 103 Å². The lowest BCUT2D eigenvalue weighted by Gasteiger charge is -2.30. The largest absolute Gasteiger partial charge is 0.391 e. The Balaban J connectivity index is 2.32. The molecule has 1 fully saturated rings. The van der Waals surface area contributed by atoms with Crippen molar-refractivity contribution in [1.29, 1.82) is 16.2 Å². The van der Waals surface area contributed by atoms with Gasteiger partial charge in [0.15, 0.2) is 17.9 Å². The standard InChI is InChI=1S/C95H169N29O19/c1-12-16-17-18-19-20-21-22-23-24-25-29-38-62(79(99)130)115-83(134)64(39-30-31-46-96)113-72(128)53-110-89(140)76(57(8)14-3)122-92(143)78(60(11)125)123-90(141)75(55(5)6)120-86(137)68(51-61-36-27-26-28-37-61)119-80(131)59(10)112-82(133)65(41-33-48-107-94(102)103)114-71(127)52-109-87(138)69-43-35-50-124(69)73(129)54-111-81(132)63(40-32-47-106-93(100)101)116-84(135)67(44-45-70(97)126)118-91(142)77(58(9)15-4)121-85(136)66(42-34-49-108-95(104)105)117-88(139)74(98)56(7)13-2/h26-28,36-37,55-60,62-69,74-78,125H,12-25,29-35,38-54,96,98H2,1-11H3,(H2,97,126)(H2,99,130)(H,109,138)(H,110,140)(H,111,132)(H,112,133)(H,113,128)(H,114,127)(H,115,134)(H,116,135)(H,117,139)(H,118,142)(H,119,131)(H,120,137)(H,121,136)(H,122,143)(H,123,141)(H4,100,101,106)(H4,102,103,107)(H4,104,105,108)/t56-,57-,58-,59-,60+,62?,63-,64-,65-,66-,67-,68-,69-,74-,75-,76-,77-,78-/m0/s1. The lowest BCUT2D eigenvalue weighted by atomic mass is 9.96. The summed E-state index contributed by atoms with van der Waals surface area (Å²) in [7, 11) is 0. The number of amides is 18. The number of carbonyl (C=O) groups is 18. The van der Waals surface area contributed by atoms with Crippen molar-refractivity contribution in [2.45, 2.75) is 359 Å². The SMILES string of the molecule is CCCCCCCCCCCCCCC(NC(=O)[C@H](CCCCN)NC(=O)CNC(=O)[C@@H](NC(=O)[C@@H](NC(=O)[C@@H](NC(=O)[C@H](Cc1ccccc1)NC(=O)[C@H](C)NC(=O)[C@H](CCCNC(=N)N)NC(=O)CNC(=O)[C@@H]1CCCN1C(=O)CNC(=O)[C@H](CCCNC(=N)N)NC(=O)[C@H](CCC(N)=O)NC(=O)[C@@H](NC(=O)[C@H](CCCNC(=N)N)NC(=O)[C@@H](N)[C@@H](C)CC)[C@@H](C)CC)C(C)C)[C@@H](C)O)[C@@H](C)CC)C(N)=O. The maximum atomic E-state index is 14.6. The highest BCUT2D eigenvalue weighted by Gasteiger charge is 2.41. The molecule has 18 amide bonds. The molecule has 18 atom stereocenters. The van der Waals surface area contributed by atoms with Crippen molar-refractivity contribution in [1.82, 2.24) is 101 Å². The van der Waals surface area contributed by atoms with Gasteiger partial charge in [0.1, 0.15) is 78.5 Å². The highest BCUT2D eigenvalue weighted by atomic mass is 16.3. The molecular weight excluding hydrogens is 1850 g/mol. The number of benzene rings is 1. The number of nitrogens with one attached hydrogen (secondary N) is 21. The van der Waals surface area contributed by atoms with Crippen LogP contribution in [0.2, 0.25) is 0 Å². The van der Waals surface area contributed by atoms with E-state index in [1.807, 2.05) is 6.92 Å². The molecule has 2 rings (SSSR count). The number of aliphatic hydroxyl groups is 1. The molecule has 143 heavy (non-hydrogen) atoms. The van der Waals surface area contributed by atoms with Crippen LogP contribution in [0.1, 0.15) is 268 Å². The highest BCUT2D eigenvalue weighted by Crippen LogP contribution is 2.21. The van der Waals surface area contributed by atoms with Gasteiger partial charge < -0.3 is 146 Å². The number of hydrogen-bond acceptors (Lipinski definition) is 24. The zero-order chi connectivity index (χ0) is 107. The van der Waals surface area contributed by atoms with Gasteiger partial charge in [-0.15, -0.1) is 0 Å². The van der Waals surface area contributed by atoms with Gasteiger partial charge in [-0.05, 0) is 133 Å². The van der Waals surface area contributed by atoms with E-state index in [4.69, 9.17) is 56.4 Å². The fourth-order valence-electron chi connectivity index (χ4n) is 15.6. The Kier molecular flexibility index (Phi) is 62.0. The summed E-state index contributed by atoms with van der Waals surface area (Å²) in [5.41, 5.74) is 40.2. The Hall–Kier alpha value is -12.6. The zero-order valence-electron chi connectivity index (χ0n) is 85.5. The Morgan fingerprint density at radius 1 is 0.385 bits per heavy atom. The Morgan fingerprint density at radius 2 is 0.769 bits per heavy atom. The van der Waals surface area contributed by atoms with Crippen LogP contribution in [0.4, 0.5) is 0 Å². The molecule has 1 saturated heterocycles. The molecule has 1 heterocycles. The second kappa shape index (κ2) is 70.1. The number of unbranched alkanes of at least 4 members (excludes halogenated alkanes) is 12. The maximum absolute atomic E-state index is 14.6. The first-order valence-corrected chi connectivity index (χ1v) is 50.5. The third kappa shape index (κ3) is 50.7. The fourth-order valence-corrected chi connectivity index (χ4v) is 15.6. The normalized spacial score (nSPS) is 15.8. The molecule has 1 aromatic rings. The number of guanidine groups is 3. The van der Waals surface area contributed by atoms with Crippen LogP contribution < -0.4 is 136 Å². The third-order valence-corrected chi connectivity index (χ3v) is 25.0. The summed E-state index contributed by atoms with van der Waals surface area (Å²) in [5, 5.41) is 80.5. The smallest absolute Gasteiger partial charge is 0.245 e. The van der Waals surface area contributed by atoms with Crippen molar-refractivity contribution in [3.63, 3.8) is 0 Å². The molecule has 48 heteroatoms. The molecule has 0 spiro atoms. The van der Waals surface area contributed by atoms with Crippen LogP contribution in [0.15, 0.2) is 30.3 Å². The van der Waals surface area contributed by atoms with Gasteiger partial charge in [0.25, 0.3) is 0 Å². The summed E-state index contributed by atoms with van der Waals surface area (Å²) < 4.78 is 0. The van der Waals surface area contributed by atoms with E-state index in [1.165, 1.54) is 58.8 Å². The van der Waals surface area contributed by atoms with Crippen LogP contribution >= 0.6 is 0 Å². The number of nitrogens with two attached hydrogens (primary N) is 7. The molecular formula is C95H169N29O19. The van der Waals surface area contributed by atoms with Gasteiger partial charge in [0.2, 0.25) is 106 Å². The highest BCUT2D eigenvalue weighted by molar-refractivity contribution is 6.01. The molecule has 1 unspecified atom stereocenters. The molecule has 0 aromatic heterocycles. The number of likely N-dealkylation sites (tertiary alicyclic amines) is 1. The molecule has 1 aliphatic heterocycles. The average Bonchev–Trinajstić information content (AvgIpc) is 1.75. The molecule has 0 saturated carbocycles. The van der Waals surface area contributed by atoms with Gasteiger partial charge >= 0.3 is 0 Å². The van der Waals surface area contributed by atoms with E-state index in [0.29, 0.717) is 57.1 Å². The van der Waals surface area contributed by atoms with E-state index in [1.54, 1.807) is 78.8 Å². The summed E-state index contributed by atoms with van der Waals surface area (Å²) in [5.74, 6) is -18.8. The van der Waals surface area contributed by atoms with Gasteiger partial charge in [-0.1, -0.05) is 189 Å². The minimum absolute atomic E-state index is 0.00544. The summed E-state index contributed by atoms with van der Waals surface area (Å²) in [6, 6.07) is -10.6. The lowest BCUT2D eigenvalue weighted by molar-refractivity contribution is -0.139. The van der Waals surface area contributed by atoms with Gasteiger partial charge in [-0.25, -0.2) is 0 Å². The first kappa shape index (κ1) is 126. The van der Waals surface area contributed by atoms with Crippen LogP contribution in [-0.4, -0.2) is 277 Å². The zero-order valence-corrected chi connectivity index (χ0v) is 85.5. The van der Waals surface area contributed by atoms with Crippen LogP contribution in [0.25, 0.3) is 0 Å². The van der Waals surface area contributed by atoms with E-state index in [-0.39, 0.29) is 102 Å². The molecule has 0 radical (unpaired) electrons. The van der Waals surface area contributed by atoms with Crippen LogP contribution in [0, 0.1) is 39.9 Å². The Morgan fingerprint density at radius 3 is 1.26 bits per heavy atom. The molecule has 0 bridgehead atoms. The lowest BCUT2D eigenvalue weighted by Crippen LogP contribution is -2.62. The summed E-state index contributed by atoms with van der Waals surface area (Å²) in [6.45, 7) is 16.5. The van der Waals surface area contributed by atoms with E-state index in [0.717, 1.165) is 30.6 Å². The molecule has 0 aliphatic carbocycles. The minimum atomic E-state index is -1.76. The van der Waals surface area contributed by atoms with Crippen molar-refractivity contribution in [2.75, 3.05) is 52.4 Å². The number of aliphatic hydroxyl groups excluding tert-OH is 1. The molecule has 48 nitrogen and oxygen atoms in total. The van der Waals surface area contributed by atoms with Crippen molar-refractivity contribution in [3.05, 3.63) is 35.9 Å². The third-order valence-electron chi connectivity index (χ3n) is 25.0. The van der Waals surface area contributed by atoms with Crippen molar-refractivity contribution in [3.8, 4) is 0 Å². The van der Waals surface area contributed by atoms with E-state index in [9.17, 15) is 91.4 Å². The second-order valence-electron chi connectivity index (χ2n) is 37.3. The quantitative estimate of drug-likeness (QED) is 0.0172. The van der Waals surface area contributed by atoms with Gasteiger partial charge in [0.05, 0.1) is 31.8 Å². The Bertz CT molecular complexity index is 4250. The van der Waals surface area contributed by atoms with Crippen molar-refractivity contribution < 1.29 is 91.4 Å². The number of rotatable bonds is 74. The minimum Gasteiger partial charge on any atom is -0.391 e. The average molecular weight is 2020 g/mol. The topological polar surface area (TPSA) is 801 Å². The van der Waals surface area contributed by atoms with Gasteiger partial charge in [0, 0.05) is 39.0 Å².